The minimum atomic E-state index is -0.145. The number of rotatable bonds is 19. The van der Waals surface area contributed by atoms with Gasteiger partial charge in [-0.05, 0) is 64.2 Å². The summed E-state index contributed by atoms with van der Waals surface area (Å²) in [5.74, 6) is -0.290. The molecule has 0 aromatic carbocycles. The molecular weight excluding hydrogens is 376 g/mol. The van der Waals surface area contributed by atoms with Crippen molar-refractivity contribution in [2.24, 2.45) is 0 Å². The maximum atomic E-state index is 12.3. The zero-order chi connectivity index (χ0) is 22.5. The van der Waals surface area contributed by atoms with Gasteiger partial charge in [-0.3, -0.25) is 0 Å². The van der Waals surface area contributed by atoms with Crippen LogP contribution in [0.1, 0.15) is 118 Å². The second kappa shape index (κ2) is 20.7. The summed E-state index contributed by atoms with van der Waals surface area (Å²) in [6.45, 7) is 9.48. The lowest BCUT2D eigenvalue weighted by atomic mass is 10.0. The number of ether oxygens (including phenoxy) is 2. The van der Waals surface area contributed by atoms with Crippen molar-refractivity contribution in [3.05, 3.63) is 23.3 Å². The van der Waals surface area contributed by atoms with E-state index in [4.69, 9.17) is 9.47 Å². The Hall–Kier alpha value is -1.58. The Labute approximate surface area is 185 Å². The van der Waals surface area contributed by atoms with Crippen LogP contribution in [0.5, 0.6) is 0 Å². The van der Waals surface area contributed by atoms with E-state index >= 15 is 0 Å². The molecule has 0 rings (SSSR count). The van der Waals surface area contributed by atoms with Crippen molar-refractivity contribution in [2.75, 3.05) is 13.2 Å². The summed E-state index contributed by atoms with van der Waals surface area (Å²) in [7, 11) is 0. The molecule has 174 valence electrons. The van der Waals surface area contributed by atoms with Crippen LogP contribution in [-0.2, 0) is 19.1 Å². The predicted octanol–water partition coefficient (Wildman–Crippen LogP) is 7.47. The van der Waals surface area contributed by atoms with Gasteiger partial charge in [0.1, 0.15) is 0 Å². The molecule has 30 heavy (non-hydrogen) atoms. The van der Waals surface area contributed by atoms with Crippen LogP contribution in [0.3, 0.4) is 0 Å². The van der Waals surface area contributed by atoms with Crippen molar-refractivity contribution in [3.63, 3.8) is 0 Å². The van der Waals surface area contributed by atoms with Gasteiger partial charge < -0.3 is 9.47 Å². The van der Waals surface area contributed by atoms with Crippen LogP contribution >= 0.6 is 0 Å². The van der Waals surface area contributed by atoms with Crippen LogP contribution in [0, 0.1) is 0 Å². The van der Waals surface area contributed by atoms with E-state index in [1.165, 1.54) is 0 Å². The molecule has 0 spiro atoms. The summed E-state index contributed by atoms with van der Waals surface area (Å²) in [5, 5.41) is 0. The molecule has 0 amide bonds. The second-order valence-electron chi connectivity index (χ2n) is 7.93. The van der Waals surface area contributed by atoms with E-state index in [1.807, 2.05) is 0 Å². The Bertz CT molecular complexity index is 459. The highest BCUT2D eigenvalue weighted by Gasteiger charge is 2.11. The van der Waals surface area contributed by atoms with Crippen LogP contribution in [0.15, 0.2) is 23.3 Å². The zero-order valence-electron chi connectivity index (χ0n) is 20.1. The number of hydrogen-bond donors (Lipinski definition) is 0. The standard InChI is InChI=1S/C26H46O4/c1-5-9-17-23(25(27)29-21-11-7-3)19-15-13-14-16-20-24(18-10-6-2)26(28)30-22-12-8-4/h19-20H,5-18,21-22H2,1-4H3/b23-19+,24-20+. The average Bonchev–Trinajstić information content (AvgIpc) is 2.74. The molecule has 0 aromatic rings. The quantitative estimate of drug-likeness (QED) is 0.123. The second-order valence-corrected chi connectivity index (χ2v) is 7.93. The van der Waals surface area contributed by atoms with Crippen molar-refractivity contribution in [1.82, 2.24) is 0 Å². The summed E-state index contributed by atoms with van der Waals surface area (Å²) in [6.07, 6.45) is 17.5. The molecular formula is C26H46O4. The van der Waals surface area contributed by atoms with Gasteiger partial charge in [-0.25, -0.2) is 9.59 Å². The van der Waals surface area contributed by atoms with E-state index in [2.05, 4.69) is 39.8 Å². The van der Waals surface area contributed by atoms with E-state index < -0.39 is 0 Å². The summed E-state index contributed by atoms with van der Waals surface area (Å²) in [4.78, 5) is 24.5. The number of unbranched alkanes of at least 4 members (excludes halogenated alkanes) is 7. The lowest BCUT2D eigenvalue weighted by Gasteiger charge is -2.09. The van der Waals surface area contributed by atoms with Crippen LogP contribution in [-0.4, -0.2) is 25.2 Å². The first-order chi connectivity index (χ1) is 14.6. The molecule has 0 heterocycles. The highest BCUT2D eigenvalue weighted by Crippen LogP contribution is 2.15. The molecule has 0 aliphatic rings. The van der Waals surface area contributed by atoms with Crippen molar-refractivity contribution >= 4 is 11.9 Å². The van der Waals surface area contributed by atoms with Crippen molar-refractivity contribution in [1.29, 1.82) is 0 Å². The minimum absolute atomic E-state index is 0.145. The summed E-state index contributed by atoms with van der Waals surface area (Å²) in [6, 6.07) is 0. The molecule has 4 heteroatoms. The third kappa shape index (κ3) is 15.3. The van der Waals surface area contributed by atoms with Gasteiger partial charge in [-0.2, -0.15) is 0 Å². The highest BCUT2D eigenvalue weighted by molar-refractivity contribution is 5.88. The van der Waals surface area contributed by atoms with Crippen molar-refractivity contribution < 1.29 is 19.1 Å². The van der Waals surface area contributed by atoms with E-state index in [1.54, 1.807) is 0 Å². The predicted molar refractivity (Wildman–Crippen MR) is 125 cm³/mol. The molecule has 0 unspecified atom stereocenters. The van der Waals surface area contributed by atoms with E-state index in [0.717, 1.165) is 101 Å². The van der Waals surface area contributed by atoms with Crippen LogP contribution in [0.2, 0.25) is 0 Å². The SMILES string of the molecule is CCCCOC(=O)/C(=C/CCCC/C=C(\CCCC)C(=O)OCCCC)CCCC. The smallest absolute Gasteiger partial charge is 0.333 e. The molecule has 0 fully saturated rings. The van der Waals surface area contributed by atoms with Crippen LogP contribution < -0.4 is 0 Å². The number of hydrogen-bond acceptors (Lipinski definition) is 4. The Balaban J connectivity index is 4.52. The van der Waals surface area contributed by atoms with Gasteiger partial charge in [0.25, 0.3) is 0 Å². The van der Waals surface area contributed by atoms with E-state index in [-0.39, 0.29) is 11.9 Å². The Morgan fingerprint density at radius 2 is 0.933 bits per heavy atom. The maximum absolute atomic E-state index is 12.3. The fourth-order valence-electron chi connectivity index (χ4n) is 2.95. The minimum Gasteiger partial charge on any atom is -0.462 e. The van der Waals surface area contributed by atoms with Crippen LogP contribution in [0.25, 0.3) is 0 Å². The lowest BCUT2D eigenvalue weighted by Crippen LogP contribution is -2.09. The first kappa shape index (κ1) is 28.4. The van der Waals surface area contributed by atoms with Crippen LogP contribution in [0.4, 0.5) is 0 Å². The molecule has 0 atom stereocenters. The summed E-state index contributed by atoms with van der Waals surface area (Å²) in [5.41, 5.74) is 1.65. The fourth-order valence-corrected chi connectivity index (χ4v) is 2.95. The molecule has 4 nitrogen and oxygen atoms in total. The number of carbonyl (C=O) groups is 2. The topological polar surface area (TPSA) is 52.6 Å². The van der Waals surface area contributed by atoms with E-state index in [0.29, 0.717) is 13.2 Å². The van der Waals surface area contributed by atoms with Gasteiger partial charge in [-0.15, -0.1) is 0 Å². The highest BCUT2D eigenvalue weighted by atomic mass is 16.5. The monoisotopic (exact) mass is 422 g/mol. The Morgan fingerprint density at radius 3 is 1.27 bits per heavy atom. The number of esters is 2. The average molecular weight is 423 g/mol. The zero-order valence-corrected chi connectivity index (χ0v) is 20.1. The largest absolute Gasteiger partial charge is 0.462 e. The van der Waals surface area contributed by atoms with Gasteiger partial charge in [0.05, 0.1) is 13.2 Å². The molecule has 0 aromatic heterocycles. The first-order valence-electron chi connectivity index (χ1n) is 12.3. The Morgan fingerprint density at radius 1 is 0.567 bits per heavy atom. The third-order valence-electron chi connectivity index (χ3n) is 5.03. The van der Waals surface area contributed by atoms with Gasteiger partial charge in [-0.1, -0.05) is 65.5 Å². The number of allylic oxidation sites excluding steroid dienone is 2. The molecule has 0 saturated carbocycles. The van der Waals surface area contributed by atoms with Gasteiger partial charge in [0.2, 0.25) is 0 Å². The normalized spacial score (nSPS) is 12.1. The van der Waals surface area contributed by atoms with Crippen molar-refractivity contribution in [3.8, 4) is 0 Å². The number of carbonyl (C=O) groups excluding carboxylic acids is 2. The third-order valence-corrected chi connectivity index (χ3v) is 5.03. The van der Waals surface area contributed by atoms with Crippen molar-refractivity contribution in [2.45, 2.75) is 118 Å². The molecule has 0 saturated heterocycles. The molecule has 0 bridgehead atoms. The maximum Gasteiger partial charge on any atom is 0.333 e. The summed E-state index contributed by atoms with van der Waals surface area (Å²) >= 11 is 0. The summed E-state index contributed by atoms with van der Waals surface area (Å²) < 4.78 is 10.8. The lowest BCUT2D eigenvalue weighted by molar-refractivity contribution is -0.140. The van der Waals surface area contributed by atoms with Gasteiger partial charge >= 0.3 is 11.9 Å². The molecule has 0 N–H and O–H groups in total. The molecule has 0 radical (unpaired) electrons. The van der Waals surface area contributed by atoms with Gasteiger partial charge in [0.15, 0.2) is 0 Å². The fraction of sp³-hybridized carbons (Fsp3) is 0.769. The first-order valence-corrected chi connectivity index (χ1v) is 12.3. The van der Waals surface area contributed by atoms with E-state index in [9.17, 15) is 9.59 Å². The molecule has 0 aliphatic carbocycles. The van der Waals surface area contributed by atoms with Gasteiger partial charge in [0, 0.05) is 11.1 Å². The Kier molecular flexibility index (Phi) is 19.6. The molecule has 0 aliphatic heterocycles.